The first-order chi connectivity index (χ1) is 9.79. The molecule has 0 N–H and O–H groups in total. The Balaban J connectivity index is 1.76. The van der Waals surface area contributed by atoms with Crippen molar-refractivity contribution in [3.8, 4) is 0 Å². The van der Waals surface area contributed by atoms with Gasteiger partial charge >= 0.3 is 0 Å². The molecular formula is C18H32N2. The minimum absolute atomic E-state index is 0.849. The Morgan fingerprint density at radius 1 is 1.00 bits per heavy atom. The number of hydrogen-bond acceptors (Lipinski definition) is 2. The van der Waals surface area contributed by atoms with E-state index in [0.29, 0.717) is 0 Å². The topological polar surface area (TPSA) is 6.48 Å². The highest BCUT2D eigenvalue weighted by molar-refractivity contribution is 5.05. The zero-order chi connectivity index (χ0) is 13.9. The van der Waals surface area contributed by atoms with Gasteiger partial charge in [0.05, 0.1) is 0 Å². The van der Waals surface area contributed by atoms with Crippen LogP contribution in [0, 0.1) is 5.92 Å². The molecule has 0 amide bonds. The van der Waals surface area contributed by atoms with Crippen LogP contribution in [0.5, 0.6) is 0 Å². The van der Waals surface area contributed by atoms with Crippen molar-refractivity contribution in [3.63, 3.8) is 0 Å². The summed E-state index contributed by atoms with van der Waals surface area (Å²) in [5, 5.41) is 0. The van der Waals surface area contributed by atoms with E-state index in [1.807, 2.05) is 0 Å². The van der Waals surface area contributed by atoms with Crippen LogP contribution in [0.25, 0.3) is 0 Å². The minimum Gasteiger partial charge on any atom is -0.298 e. The summed E-state index contributed by atoms with van der Waals surface area (Å²) in [4.78, 5) is 5.65. The first-order valence-electron chi connectivity index (χ1n) is 8.89. The summed E-state index contributed by atoms with van der Waals surface area (Å²) in [7, 11) is 0. The van der Waals surface area contributed by atoms with Crippen molar-refractivity contribution >= 4 is 0 Å². The van der Waals surface area contributed by atoms with E-state index in [1.165, 1.54) is 71.1 Å². The van der Waals surface area contributed by atoms with E-state index in [9.17, 15) is 0 Å². The number of fused-ring (bicyclic) bond motifs is 1. The van der Waals surface area contributed by atoms with Crippen molar-refractivity contribution < 1.29 is 0 Å². The molecule has 2 heteroatoms. The van der Waals surface area contributed by atoms with Crippen LogP contribution >= 0.6 is 0 Å². The molecule has 0 spiro atoms. The Labute approximate surface area is 125 Å². The smallest absolute Gasteiger partial charge is 0.0283 e. The second-order valence-corrected chi connectivity index (χ2v) is 7.24. The Bertz CT molecular complexity index is 343. The van der Waals surface area contributed by atoms with E-state index in [2.05, 4.69) is 29.7 Å². The van der Waals surface area contributed by atoms with Gasteiger partial charge in [-0.1, -0.05) is 30.9 Å². The summed E-state index contributed by atoms with van der Waals surface area (Å²) in [5.41, 5.74) is 1.55. The van der Waals surface area contributed by atoms with Gasteiger partial charge in [-0.05, 0) is 52.0 Å². The fourth-order valence-corrected chi connectivity index (χ4v) is 4.85. The van der Waals surface area contributed by atoms with Crippen molar-refractivity contribution in [3.05, 3.63) is 11.6 Å². The van der Waals surface area contributed by atoms with Crippen LogP contribution in [0.4, 0.5) is 0 Å². The van der Waals surface area contributed by atoms with Crippen LogP contribution in [-0.4, -0.2) is 48.1 Å². The van der Waals surface area contributed by atoms with E-state index in [1.54, 1.807) is 5.57 Å². The summed E-state index contributed by atoms with van der Waals surface area (Å²) < 4.78 is 0. The zero-order valence-electron chi connectivity index (χ0n) is 13.5. The fraction of sp³-hybridized carbons (Fsp3) is 0.889. The quantitative estimate of drug-likeness (QED) is 0.726. The molecule has 2 aliphatic heterocycles. The number of rotatable bonds is 3. The predicted octanol–water partition coefficient (Wildman–Crippen LogP) is 3.68. The molecule has 3 rings (SSSR count). The van der Waals surface area contributed by atoms with Crippen LogP contribution in [0.3, 0.4) is 0 Å². The Morgan fingerprint density at radius 3 is 2.55 bits per heavy atom. The standard InChI is InChI=1S/C18H32N2/c1-3-15(2)14-20-13-12-19-11-7-10-17(19)18(20)16-8-5-4-6-9-16/h3,16-18H,4-14H2,1-2H3/b15-3+. The van der Waals surface area contributed by atoms with E-state index >= 15 is 0 Å². The number of hydrogen-bond donors (Lipinski definition) is 0. The lowest BCUT2D eigenvalue weighted by molar-refractivity contribution is 0.00674. The second-order valence-electron chi connectivity index (χ2n) is 7.24. The molecule has 3 aliphatic rings. The lowest BCUT2D eigenvalue weighted by Gasteiger charge is -2.49. The maximum atomic E-state index is 2.85. The average Bonchev–Trinajstić information content (AvgIpc) is 2.96. The molecule has 20 heavy (non-hydrogen) atoms. The van der Waals surface area contributed by atoms with Gasteiger partial charge in [0.1, 0.15) is 0 Å². The maximum absolute atomic E-state index is 2.85. The van der Waals surface area contributed by atoms with Crippen molar-refractivity contribution in [2.75, 3.05) is 26.2 Å². The monoisotopic (exact) mass is 276 g/mol. The van der Waals surface area contributed by atoms with E-state index in [-0.39, 0.29) is 0 Å². The molecule has 2 atom stereocenters. The van der Waals surface area contributed by atoms with Crippen LogP contribution < -0.4 is 0 Å². The maximum Gasteiger partial charge on any atom is 0.0283 e. The molecule has 0 aromatic heterocycles. The Kier molecular flexibility index (Phi) is 4.83. The molecule has 2 heterocycles. The lowest BCUT2D eigenvalue weighted by Crippen LogP contribution is -2.60. The van der Waals surface area contributed by atoms with E-state index in [4.69, 9.17) is 0 Å². The predicted molar refractivity (Wildman–Crippen MR) is 86.0 cm³/mol. The van der Waals surface area contributed by atoms with Gasteiger partial charge in [0, 0.05) is 31.7 Å². The molecule has 2 saturated heterocycles. The van der Waals surface area contributed by atoms with Gasteiger partial charge in [0.25, 0.3) is 0 Å². The summed E-state index contributed by atoms with van der Waals surface area (Å²) >= 11 is 0. The third-order valence-electron chi connectivity index (χ3n) is 5.98. The summed E-state index contributed by atoms with van der Waals surface area (Å²) in [6, 6.07) is 1.72. The van der Waals surface area contributed by atoms with Gasteiger partial charge in [0.2, 0.25) is 0 Å². The highest BCUT2D eigenvalue weighted by atomic mass is 15.3. The van der Waals surface area contributed by atoms with Crippen molar-refractivity contribution in [2.45, 2.75) is 70.9 Å². The first-order valence-corrected chi connectivity index (χ1v) is 8.89. The summed E-state index contributed by atoms with van der Waals surface area (Å²) in [5.74, 6) is 0.972. The first kappa shape index (κ1) is 14.6. The lowest BCUT2D eigenvalue weighted by atomic mass is 9.78. The van der Waals surface area contributed by atoms with Crippen molar-refractivity contribution in [1.82, 2.24) is 9.80 Å². The fourth-order valence-electron chi connectivity index (χ4n) is 4.85. The normalized spacial score (nSPS) is 34.4. The van der Waals surface area contributed by atoms with E-state index in [0.717, 1.165) is 18.0 Å². The van der Waals surface area contributed by atoms with Gasteiger partial charge in [-0.25, -0.2) is 0 Å². The SMILES string of the molecule is C/C=C(\C)CN1CCN2CCCC2C1C1CCCCC1. The molecule has 0 aromatic rings. The second kappa shape index (κ2) is 6.62. The highest BCUT2D eigenvalue weighted by Crippen LogP contribution is 2.37. The highest BCUT2D eigenvalue weighted by Gasteiger charge is 2.42. The van der Waals surface area contributed by atoms with Gasteiger partial charge in [-0.2, -0.15) is 0 Å². The molecule has 2 unspecified atom stereocenters. The summed E-state index contributed by atoms with van der Waals surface area (Å²) in [6.45, 7) is 9.68. The Morgan fingerprint density at radius 2 is 1.80 bits per heavy atom. The molecule has 0 bridgehead atoms. The average molecular weight is 276 g/mol. The van der Waals surface area contributed by atoms with Gasteiger partial charge in [-0.3, -0.25) is 9.80 Å². The molecule has 3 fully saturated rings. The molecule has 1 saturated carbocycles. The largest absolute Gasteiger partial charge is 0.298 e. The van der Waals surface area contributed by atoms with Crippen LogP contribution in [0.2, 0.25) is 0 Å². The molecular weight excluding hydrogens is 244 g/mol. The third kappa shape index (κ3) is 2.96. The van der Waals surface area contributed by atoms with Crippen LogP contribution in [-0.2, 0) is 0 Å². The molecule has 2 nitrogen and oxygen atoms in total. The minimum atomic E-state index is 0.849. The molecule has 1 aliphatic carbocycles. The van der Waals surface area contributed by atoms with Crippen molar-refractivity contribution in [1.29, 1.82) is 0 Å². The van der Waals surface area contributed by atoms with Crippen molar-refractivity contribution in [2.24, 2.45) is 5.92 Å². The molecule has 0 radical (unpaired) electrons. The third-order valence-corrected chi connectivity index (χ3v) is 5.98. The summed E-state index contributed by atoms with van der Waals surface area (Å²) in [6.07, 6.45) is 12.6. The zero-order valence-corrected chi connectivity index (χ0v) is 13.5. The number of nitrogens with zero attached hydrogens (tertiary/aromatic N) is 2. The van der Waals surface area contributed by atoms with Crippen LogP contribution in [0.15, 0.2) is 11.6 Å². The molecule has 114 valence electrons. The molecule has 0 aromatic carbocycles. The van der Waals surface area contributed by atoms with Gasteiger partial charge in [0.15, 0.2) is 0 Å². The Hall–Kier alpha value is -0.340. The number of allylic oxidation sites excluding steroid dienone is 1. The number of piperazine rings is 1. The van der Waals surface area contributed by atoms with E-state index < -0.39 is 0 Å². The van der Waals surface area contributed by atoms with Gasteiger partial charge < -0.3 is 0 Å². The van der Waals surface area contributed by atoms with Crippen LogP contribution in [0.1, 0.15) is 58.8 Å². The van der Waals surface area contributed by atoms with Gasteiger partial charge in [-0.15, -0.1) is 0 Å².